The minimum Gasteiger partial charge on any atom is -0.481 e. The third-order valence-corrected chi connectivity index (χ3v) is 0.247. The number of aliphatic carboxylic acids is 1. The fourth-order valence-corrected chi connectivity index (χ4v) is 0. The largest absolute Gasteiger partial charge is 0.481 e. The van der Waals surface area contributed by atoms with Crippen molar-refractivity contribution < 1.29 is 44.0 Å². The molecular weight excluding hydrogens is 157 g/mol. The molecule has 0 spiro atoms. The Morgan fingerprint density at radius 2 is 2.33 bits per heavy atom. The molecule has 0 saturated heterocycles. The zero-order chi connectivity index (χ0) is 5.15. The second-order valence-corrected chi connectivity index (χ2v) is 0.627. The average molecular weight is 164 g/mol. The van der Waals surface area contributed by atoms with Crippen molar-refractivity contribution in [2.45, 2.75) is 13.3 Å². The Labute approximate surface area is 63.2 Å². The molecule has 0 aromatic carbocycles. The van der Waals surface area contributed by atoms with Crippen LogP contribution >= 0.6 is 0 Å². The van der Waals surface area contributed by atoms with Crippen LogP contribution < -0.4 is 0 Å². The molecule has 0 heterocycles. The zero-order valence-corrected chi connectivity index (χ0v) is 6.35. The smallest absolute Gasteiger partial charge is 0.303 e. The summed E-state index contributed by atoms with van der Waals surface area (Å²) in [4.78, 5) is 9.51. The van der Waals surface area contributed by atoms with Crippen LogP contribution in [-0.2, 0) is 37.5 Å². The maximum absolute atomic E-state index is 9.51. The SMILES string of the molecule is [2H]C(C)C(=O)O.[Y]. The van der Waals surface area contributed by atoms with E-state index in [1.165, 1.54) is 6.92 Å². The van der Waals surface area contributed by atoms with Gasteiger partial charge in [-0.3, -0.25) is 4.79 Å². The van der Waals surface area contributed by atoms with Gasteiger partial charge in [0.15, 0.2) is 0 Å². The predicted octanol–water partition coefficient (Wildman–Crippen LogP) is 0.478. The van der Waals surface area contributed by atoms with E-state index < -0.39 is 12.4 Å². The summed E-state index contributed by atoms with van der Waals surface area (Å²) in [6, 6.07) is 0. The van der Waals surface area contributed by atoms with E-state index in [1.807, 2.05) is 0 Å². The van der Waals surface area contributed by atoms with Crippen LogP contribution in [0.15, 0.2) is 0 Å². The molecule has 0 aromatic rings. The quantitative estimate of drug-likeness (QED) is 0.611. The topological polar surface area (TPSA) is 37.3 Å². The molecule has 3 heteroatoms. The molecule has 0 saturated carbocycles. The maximum Gasteiger partial charge on any atom is 0.303 e. The minimum absolute atomic E-state index is 0. The molecule has 0 bridgehead atoms. The van der Waals surface area contributed by atoms with Crippen molar-refractivity contribution in [3.8, 4) is 0 Å². The summed E-state index contributed by atoms with van der Waals surface area (Å²) < 4.78 is 6.43. The van der Waals surface area contributed by atoms with E-state index in [-0.39, 0.29) is 32.7 Å². The maximum atomic E-state index is 9.51. The Balaban J connectivity index is 0. The fourth-order valence-electron chi connectivity index (χ4n) is 0. The van der Waals surface area contributed by atoms with Crippen LogP contribution in [0.1, 0.15) is 14.7 Å². The van der Waals surface area contributed by atoms with Crippen LogP contribution in [0.25, 0.3) is 0 Å². The summed E-state index contributed by atoms with van der Waals surface area (Å²) in [6.07, 6.45) is -0.981. The zero-order valence-electron chi connectivity index (χ0n) is 4.51. The minimum atomic E-state index is -1.07. The number of carboxylic acid groups (broad SMARTS) is 1. The van der Waals surface area contributed by atoms with Gasteiger partial charge >= 0.3 is 5.97 Å². The molecule has 0 aliphatic heterocycles. The average Bonchev–Trinajstić information content (AvgIpc) is 1.36. The Bertz CT molecular complexity index is 64.0. The van der Waals surface area contributed by atoms with Gasteiger partial charge in [-0.25, -0.2) is 0 Å². The van der Waals surface area contributed by atoms with Crippen LogP contribution in [0.5, 0.6) is 0 Å². The first-order valence-corrected chi connectivity index (χ1v) is 1.29. The van der Waals surface area contributed by atoms with Gasteiger partial charge < -0.3 is 5.11 Å². The van der Waals surface area contributed by atoms with Crippen molar-refractivity contribution in [3.63, 3.8) is 0 Å². The Morgan fingerprint density at radius 3 is 2.33 bits per heavy atom. The summed E-state index contributed by atoms with van der Waals surface area (Å²) >= 11 is 0. The predicted molar refractivity (Wildman–Crippen MR) is 17.9 cm³/mol. The van der Waals surface area contributed by atoms with Gasteiger partial charge in [0.05, 0.1) is 0 Å². The normalized spacial score (nSPS) is 13.8. The molecule has 0 rings (SSSR count). The van der Waals surface area contributed by atoms with E-state index in [2.05, 4.69) is 0 Å². The van der Waals surface area contributed by atoms with Crippen molar-refractivity contribution in [2.24, 2.45) is 0 Å². The molecule has 0 aliphatic rings. The second-order valence-electron chi connectivity index (χ2n) is 0.627. The Kier molecular flexibility index (Phi) is 6.11. The summed E-state index contributed by atoms with van der Waals surface area (Å²) in [5.74, 6) is -1.07. The molecule has 0 amide bonds. The molecule has 33 valence electrons. The standard InChI is InChI=1S/C3H6O2.Y/c1-2-3(4)5;/h2H2,1H3,(H,4,5);/i2D;. The van der Waals surface area contributed by atoms with Gasteiger partial charge in [0, 0.05) is 40.5 Å². The number of carbonyl (C=O) groups is 1. The third kappa shape index (κ3) is 8.82. The Morgan fingerprint density at radius 1 is 2.17 bits per heavy atom. The molecule has 1 N–H and O–H groups in total. The molecule has 2 nitrogen and oxygen atoms in total. The number of hydrogen-bond acceptors (Lipinski definition) is 1. The van der Waals surface area contributed by atoms with Crippen molar-refractivity contribution in [1.29, 1.82) is 0 Å². The first-order chi connectivity index (χ1) is 2.64. The summed E-state index contributed by atoms with van der Waals surface area (Å²) in [6.45, 7) is 1.31. The van der Waals surface area contributed by atoms with Gasteiger partial charge in [-0.2, -0.15) is 0 Å². The molecular formula is C3H6O2Y. The van der Waals surface area contributed by atoms with Crippen LogP contribution in [-0.4, -0.2) is 11.1 Å². The fraction of sp³-hybridized carbons (Fsp3) is 0.667. The Hall–Kier alpha value is 0.574. The third-order valence-electron chi connectivity index (χ3n) is 0.247. The first kappa shape index (κ1) is 6.57. The van der Waals surface area contributed by atoms with E-state index in [0.29, 0.717) is 0 Å². The second kappa shape index (κ2) is 5.57. The number of hydrogen-bond donors (Lipinski definition) is 1. The molecule has 6 heavy (non-hydrogen) atoms. The van der Waals surface area contributed by atoms with Gasteiger partial charge in [0.25, 0.3) is 0 Å². The van der Waals surface area contributed by atoms with E-state index >= 15 is 0 Å². The molecule has 0 fully saturated rings. The molecule has 0 aliphatic carbocycles. The van der Waals surface area contributed by atoms with Gasteiger partial charge in [-0.1, -0.05) is 6.92 Å². The monoisotopic (exact) mass is 164 g/mol. The van der Waals surface area contributed by atoms with Crippen molar-refractivity contribution >= 4 is 5.97 Å². The van der Waals surface area contributed by atoms with Crippen LogP contribution in [0, 0.1) is 0 Å². The van der Waals surface area contributed by atoms with E-state index in [4.69, 9.17) is 6.48 Å². The van der Waals surface area contributed by atoms with Crippen molar-refractivity contribution in [1.82, 2.24) is 0 Å². The molecule has 1 atom stereocenters. The summed E-state index contributed by atoms with van der Waals surface area (Å²) in [5, 5.41) is 7.80. The van der Waals surface area contributed by atoms with Crippen LogP contribution in [0.3, 0.4) is 0 Å². The van der Waals surface area contributed by atoms with E-state index in [9.17, 15) is 4.79 Å². The van der Waals surface area contributed by atoms with Gasteiger partial charge in [-0.15, -0.1) is 0 Å². The number of carboxylic acids is 1. The molecule has 1 radical (unpaired) electrons. The molecule has 1 unspecified atom stereocenters. The molecule has 0 aromatic heterocycles. The van der Waals surface area contributed by atoms with Crippen LogP contribution in [0.2, 0.25) is 0 Å². The van der Waals surface area contributed by atoms with Gasteiger partial charge in [-0.05, 0) is 0 Å². The van der Waals surface area contributed by atoms with Crippen LogP contribution in [0.4, 0.5) is 0 Å². The van der Waals surface area contributed by atoms with Gasteiger partial charge in [0.2, 0.25) is 0 Å². The van der Waals surface area contributed by atoms with Crippen molar-refractivity contribution in [2.75, 3.05) is 0 Å². The first-order valence-electron chi connectivity index (χ1n) is 1.87. The summed E-state index contributed by atoms with van der Waals surface area (Å²) in [7, 11) is 0. The van der Waals surface area contributed by atoms with E-state index in [0.717, 1.165) is 0 Å². The summed E-state index contributed by atoms with van der Waals surface area (Å²) in [5.41, 5.74) is 0. The number of rotatable bonds is 1. The van der Waals surface area contributed by atoms with Crippen molar-refractivity contribution in [3.05, 3.63) is 0 Å². The van der Waals surface area contributed by atoms with Gasteiger partial charge in [0.1, 0.15) is 0 Å². The van der Waals surface area contributed by atoms with E-state index in [1.54, 1.807) is 0 Å².